The Morgan fingerprint density at radius 2 is 1.24 bits per heavy atom. The van der Waals surface area contributed by atoms with E-state index in [1.807, 2.05) is 4.98 Å². The van der Waals surface area contributed by atoms with Crippen molar-refractivity contribution in [1.82, 2.24) is 19.9 Å². The van der Waals surface area contributed by atoms with Crippen molar-refractivity contribution < 1.29 is 29.5 Å². The average Bonchev–Trinajstić information content (AvgIpc) is 2.42. The van der Waals surface area contributed by atoms with Gasteiger partial charge in [0.1, 0.15) is 11.2 Å². The maximum absolute atomic E-state index is 10.9. The van der Waals surface area contributed by atoms with Crippen LogP contribution in [0.3, 0.4) is 0 Å². The minimum absolute atomic E-state index is 0.0413. The number of fused-ring (bicyclic) bond motifs is 1. The molecule has 0 aromatic carbocycles. The summed E-state index contributed by atoms with van der Waals surface area (Å²) in [6.07, 6.45) is 0. The SMILES string of the molecule is O=c1[nH]c(=O)c2[nH]c(=O)[nH]c2[nH]1.[O]=[Cr](=[O])([OH])[OH]. The fourth-order valence-corrected chi connectivity index (χ4v) is 0.958. The van der Waals surface area contributed by atoms with Gasteiger partial charge in [-0.05, 0) is 0 Å². The summed E-state index contributed by atoms with van der Waals surface area (Å²) in [5.41, 5.74) is -1.65. The summed E-state index contributed by atoms with van der Waals surface area (Å²) in [4.78, 5) is 41.0. The van der Waals surface area contributed by atoms with Gasteiger partial charge in [-0.3, -0.25) is 24.7 Å². The first-order chi connectivity index (χ1) is 7.66. The van der Waals surface area contributed by atoms with Gasteiger partial charge in [0.25, 0.3) is 5.56 Å². The third kappa shape index (κ3) is 4.17. The summed E-state index contributed by atoms with van der Waals surface area (Å²) in [7, 11) is 0. The molecule has 0 saturated carbocycles. The Kier molecular flexibility index (Phi) is 3.44. The summed E-state index contributed by atoms with van der Waals surface area (Å²) in [6.45, 7) is 0. The van der Waals surface area contributed by atoms with E-state index in [9.17, 15) is 14.4 Å². The zero-order chi connectivity index (χ0) is 13.2. The van der Waals surface area contributed by atoms with Crippen molar-refractivity contribution in [3.05, 3.63) is 31.3 Å². The monoisotopic (exact) mass is 286 g/mol. The van der Waals surface area contributed by atoms with Crippen molar-refractivity contribution in [2.45, 2.75) is 0 Å². The number of nitrogens with one attached hydrogen (secondary N) is 4. The Morgan fingerprint density at radius 1 is 0.824 bits per heavy atom. The Bertz CT molecular complexity index is 782. The molecule has 2 aromatic rings. The maximum atomic E-state index is 10.9. The van der Waals surface area contributed by atoms with Crippen LogP contribution in [0.15, 0.2) is 14.4 Å². The zero-order valence-corrected chi connectivity index (χ0v) is 9.12. The molecule has 2 heterocycles. The molecule has 2 rings (SSSR count). The van der Waals surface area contributed by atoms with Gasteiger partial charge in [-0.25, -0.2) is 9.59 Å². The van der Waals surface area contributed by atoms with Gasteiger partial charge in [-0.15, -0.1) is 0 Å². The summed E-state index contributed by atoms with van der Waals surface area (Å²) in [5.74, 6) is 0. The molecular weight excluding hydrogens is 280 g/mol. The van der Waals surface area contributed by atoms with Gasteiger partial charge >= 0.3 is 40.9 Å². The summed E-state index contributed by atoms with van der Waals surface area (Å²) in [6, 6.07) is 0. The van der Waals surface area contributed by atoms with Crippen LogP contribution in [0.5, 0.6) is 0 Å². The number of H-pyrrole nitrogens is 4. The molecule has 11 nitrogen and oxygen atoms in total. The van der Waals surface area contributed by atoms with Gasteiger partial charge in [0.05, 0.1) is 0 Å². The first kappa shape index (κ1) is 13.1. The number of rotatable bonds is 0. The number of hydrogen-bond donors (Lipinski definition) is 6. The topological polar surface area (TPSA) is 189 Å². The van der Waals surface area contributed by atoms with Crippen molar-refractivity contribution in [1.29, 1.82) is 0 Å². The van der Waals surface area contributed by atoms with Crippen LogP contribution in [0, 0.1) is 0 Å². The molecule has 0 spiro atoms. The molecule has 0 aliphatic rings. The molecule has 0 aliphatic carbocycles. The van der Waals surface area contributed by atoms with E-state index in [2.05, 4.69) is 15.0 Å². The summed E-state index contributed by atoms with van der Waals surface area (Å²) >= 11 is -5.25. The zero-order valence-electron chi connectivity index (χ0n) is 7.84. The fraction of sp³-hybridized carbons (Fsp3) is 0. The van der Waals surface area contributed by atoms with Crippen LogP contribution in [0.1, 0.15) is 0 Å². The van der Waals surface area contributed by atoms with Crippen LogP contribution >= 0.6 is 0 Å². The standard InChI is InChI=1S/C5H4N4O3.Cr.2H2O.2O/c10-3-1-2(7-4(11)6-1)8-5(12)9-3;;;;;/h(H4,6,7,8,9,10,11,12);;2*1H2;;/q;+2;;;;/p-2. The molecule has 0 aliphatic heterocycles. The van der Waals surface area contributed by atoms with Crippen LogP contribution < -0.4 is 16.9 Å². The first-order valence-electron chi connectivity index (χ1n) is 3.81. The van der Waals surface area contributed by atoms with Crippen molar-refractivity contribution in [2.24, 2.45) is 0 Å². The van der Waals surface area contributed by atoms with Gasteiger partial charge in [0.2, 0.25) is 0 Å². The van der Waals surface area contributed by atoms with E-state index in [1.54, 1.807) is 0 Å². The minimum atomic E-state index is -5.25. The van der Waals surface area contributed by atoms with Crippen molar-refractivity contribution >= 4 is 11.2 Å². The second-order valence-electron chi connectivity index (χ2n) is 2.69. The van der Waals surface area contributed by atoms with E-state index < -0.39 is 30.6 Å². The first-order valence-corrected chi connectivity index (χ1v) is 5.99. The molecule has 0 amide bonds. The Balaban J connectivity index is 0.000000249. The third-order valence-electron chi connectivity index (χ3n) is 1.42. The van der Waals surface area contributed by atoms with E-state index in [-0.39, 0.29) is 11.2 Å². The van der Waals surface area contributed by atoms with Crippen molar-refractivity contribution in [3.8, 4) is 0 Å². The summed E-state index contributed by atoms with van der Waals surface area (Å²) in [5, 5.41) is 0. The fourth-order valence-electron chi connectivity index (χ4n) is 0.958. The molecule has 0 fully saturated rings. The van der Waals surface area contributed by atoms with E-state index in [4.69, 9.17) is 15.9 Å². The van der Waals surface area contributed by atoms with Gasteiger partial charge < -0.3 is 0 Å². The van der Waals surface area contributed by atoms with Crippen LogP contribution in [0.4, 0.5) is 0 Å². The number of hydrogen-bond acceptors (Lipinski definition) is 5. The van der Waals surface area contributed by atoms with Gasteiger partial charge in [0, 0.05) is 0 Å². The van der Waals surface area contributed by atoms with Gasteiger partial charge in [-0.2, -0.15) is 0 Å². The normalized spacial score (nSPS) is 10.9. The van der Waals surface area contributed by atoms with E-state index in [0.717, 1.165) is 0 Å². The molecule has 17 heavy (non-hydrogen) atoms. The molecule has 2 aromatic heterocycles. The quantitative estimate of drug-likeness (QED) is 0.295. The van der Waals surface area contributed by atoms with Crippen LogP contribution in [0.25, 0.3) is 11.2 Å². The second-order valence-corrected chi connectivity index (χ2v) is 4.08. The molecule has 0 atom stereocenters. The number of aromatic amines is 4. The molecule has 0 unspecified atom stereocenters. The molecule has 0 radical (unpaired) electrons. The van der Waals surface area contributed by atoms with Gasteiger partial charge in [-0.1, -0.05) is 0 Å². The predicted molar refractivity (Wildman–Crippen MR) is 46.0 cm³/mol. The van der Waals surface area contributed by atoms with Crippen LogP contribution in [-0.2, 0) is 21.2 Å². The molecule has 6 N–H and O–H groups in total. The van der Waals surface area contributed by atoms with Crippen molar-refractivity contribution in [3.63, 3.8) is 0 Å². The number of imidazole rings is 1. The van der Waals surface area contributed by atoms with Crippen LogP contribution in [-0.4, -0.2) is 28.3 Å². The van der Waals surface area contributed by atoms with Gasteiger partial charge in [0.15, 0.2) is 0 Å². The van der Waals surface area contributed by atoms with E-state index >= 15 is 0 Å². The van der Waals surface area contributed by atoms with Crippen molar-refractivity contribution in [2.75, 3.05) is 0 Å². The molecule has 0 saturated heterocycles. The number of aromatic nitrogens is 4. The average molecular weight is 286 g/mol. The van der Waals surface area contributed by atoms with Crippen LogP contribution in [0.2, 0.25) is 0 Å². The molecular formula is C5H6CrN4O7. The van der Waals surface area contributed by atoms with E-state index in [1.165, 1.54) is 0 Å². The third-order valence-corrected chi connectivity index (χ3v) is 1.42. The Hall–Kier alpha value is -2.00. The Morgan fingerprint density at radius 3 is 1.71 bits per heavy atom. The second kappa shape index (κ2) is 4.47. The molecule has 94 valence electrons. The molecule has 0 bridgehead atoms. The predicted octanol–water partition coefficient (Wildman–Crippen LogP) is -3.12. The Labute approximate surface area is 92.5 Å². The molecule has 12 heteroatoms. The van der Waals surface area contributed by atoms with E-state index in [0.29, 0.717) is 0 Å². The summed E-state index contributed by atoms with van der Waals surface area (Å²) < 4.78 is 31.9.